The molecule has 1 aromatic carbocycles. The normalized spacial score (nSPS) is 16.1. The number of nitrogens with zero attached hydrogens (tertiary/aromatic N) is 2. The second-order valence-electron chi connectivity index (χ2n) is 6.93. The fourth-order valence-electron chi connectivity index (χ4n) is 3.61. The van der Waals surface area contributed by atoms with Crippen LogP contribution < -0.4 is 15.8 Å². The lowest BCUT2D eigenvalue weighted by atomic mass is 9.89. The number of nitrogens with one attached hydrogen (secondary N) is 2. The predicted octanol–water partition coefficient (Wildman–Crippen LogP) is 4.54. The molecular weight excluding hydrogens is 358 g/mol. The van der Waals surface area contributed by atoms with E-state index in [0.29, 0.717) is 29.5 Å². The third-order valence-corrected chi connectivity index (χ3v) is 6.15. The molecule has 0 saturated carbocycles. The Morgan fingerprint density at radius 2 is 2.26 bits per heavy atom. The van der Waals surface area contributed by atoms with Crippen LogP contribution in [0.15, 0.2) is 18.5 Å². The van der Waals surface area contributed by atoms with Crippen molar-refractivity contribution in [2.24, 2.45) is 5.92 Å². The van der Waals surface area contributed by atoms with Gasteiger partial charge in [0.1, 0.15) is 22.7 Å². The number of nitrogen functional groups attached to an aromatic ring is 1. The van der Waals surface area contributed by atoms with Gasteiger partial charge in [-0.25, -0.2) is 9.97 Å². The first-order chi connectivity index (χ1) is 13.1. The van der Waals surface area contributed by atoms with Crippen molar-refractivity contribution >= 4 is 45.0 Å². The van der Waals surface area contributed by atoms with Crippen LogP contribution in [0.5, 0.6) is 5.75 Å². The molecule has 1 unspecified atom stereocenters. The number of fused-ring (bicyclic) bond motifs is 3. The summed E-state index contributed by atoms with van der Waals surface area (Å²) in [6, 6.07) is 3.59. The van der Waals surface area contributed by atoms with Crippen LogP contribution in [0.2, 0.25) is 0 Å². The van der Waals surface area contributed by atoms with Crippen LogP contribution in [-0.4, -0.2) is 22.8 Å². The SMILES string of the molecule is CCOc1cc(N)c(C=N)cc1Nc1ncnc2sc3c(c12)CCC(C)C3. The number of anilines is 3. The molecule has 140 valence electrons. The van der Waals surface area contributed by atoms with E-state index < -0.39 is 0 Å². The Labute approximate surface area is 162 Å². The van der Waals surface area contributed by atoms with Gasteiger partial charge in [0, 0.05) is 28.4 Å². The zero-order valence-electron chi connectivity index (χ0n) is 15.5. The van der Waals surface area contributed by atoms with Crippen molar-refractivity contribution in [1.29, 1.82) is 5.41 Å². The Morgan fingerprint density at radius 3 is 3.04 bits per heavy atom. The van der Waals surface area contributed by atoms with Crippen LogP contribution >= 0.6 is 11.3 Å². The second-order valence-corrected chi connectivity index (χ2v) is 8.02. The molecule has 0 bridgehead atoms. The molecule has 4 N–H and O–H groups in total. The minimum absolute atomic E-state index is 0.522. The Bertz CT molecular complexity index is 1010. The lowest BCUT2D eigenvalue weighted by molar-refractivity contribution is 0.342. The van der Waals surface area contributed by atoms with Gasteiger partial charge >= 0.3 is 0 Å². The summed E-state index contributed by atoms with van der Waals surface area (Å²) in [5.74, 6) is 2.16. The third-order valence-electron chi connectivity index (χ3n) is 4.99. The molecule has 1 aliphatic rings. The monoisotopic (exact) mass is 381 g/mol. The maximum absolute atomic E-state index is 7.59. The Balaban J connectivity index is 1.81. The lowest BCUT2D eigenvalue weighted by Crippen LogP contribution is -2.09. The summed E-state index contributed by atoms with van der Waals surface area (Å²) in [5.41, 5.74) is 9.32. The number of hydrogen-bond acceptors (Lipinski definition) is 7. The van der Waals surface area contributed by atoms with Gasteiger partial charge in [-0.3, -0.25) is 0 Å². The van der Waals surface area contributed by atoms with Gasteiger partial charge in [-0.2, -0.15) is 0 Å². The molecule has 27 heavy (non-hydrogen) atoms. The highest BCUT2D eigenvalue weighted by Gasteiger charge is 2.23. The Hall–Kier alpha value is -2.67. The van der Waals surface area contributed by atoms with Gasteiger partial charge in [0.25, 0.3) is 0 Å². The highest BCUT2D eigenvalue weighted by atomic mass is 32.1. The summed E-state index contributed by atoms with van der Waals surface area (Å²) < 4.78 is 5.75. The van der Waals surface area contributed by atoms with Gasteiger partial charge in [-0.1, -0.05) is 6.92 Å². The first-order valence-corrected chi connectivity index (χ1v) is 10.0. The second kappa shape index (κ2) is 7.15. The molecule has 0 amide bonds. The molecule has 3 aromatic rings. The van der Waals surface area contributed by atoms with E-state index in [1.54, 1.807) is 23.7 Å². The number of benzene rings is 1. The molecule has 0 radical (unpaired) electrons. The van der Waals surface area contributed by atoms with E-state index in [0.717, 1.165) is 34.6 Å². The minimum Gasteiger partial charge on any atom is -0.492 e. The maximum Gasteiger partial charge on any atom is 0.144 e. The number of rotatable bonds is 5. The number of ether oxygens (including phenoxy) is 1. The summed E-state index contributed by atoms with van der Waals surface area (Å²) in [5, 5.41) is 12.1. The summed E-state index contributed by atoms with van der Waals surface area (Å²) in [7, 11) is 0. The van der Waals surface area contributed by atoms with E-state index in [-0.39, 0.29) is 0 Å². The van der Waals surface area contributed by atoms with Crippen LogP contribution in [0.4, 0.5) is 17.2 Å². The quantitative estimate of drug-likeness (QED) is 0.445. The summed E-state index contributed by atoms with van der Waals surface area (Å²) in [6.45, 7) is 4.77. The van der Waals surface area contributed by atoms with Crippen molar-refractivity contribution in [3.8, 4) is 5.75 Å². The van der Waals surface area contributed by atoms with Gasteiger partial charge in [0.05, 0.1) is 17.7 Å². The average Bonchev–Trinajstić information content (AvgIpc) is 3.02. The van der Waals surface area contributed by atoms with Gasteiger partial charge in [-0.15, -0.1) is 11.3 Å². The molecular formula is C20H23N5OS. The smallest absolute Gasteiger partial charge is 0.144 e. The van der Waals surface area contributed by atoms with Crippen LogP contribution in [0.3, 0.4) is 0 Å². The lowest BCUT2D eigenvalue weighted by Gasteiger charge is -2.19. The van der Waals surface area contributed by atoms with Gasteiger partial charge < -0.3 is 21.2 Å². The molecule has 2 aromatic heterocycles. The summed E-state index contributed by atoms with van der Waals surface area (Å²) in [4.78, 5) is 11.5. The zero-order chi connectivity index (χ0) is 19.0. The average molecular weight is 382 g/mol. The standard InChI is InChI=1S/C20H23N5OS/c1-3-26-16-8-14(22)12(9-21)7-15(16)25-19-18-13-5-4-11(2)6-17(13)27-20(18)24-10-23-19/h7-11,21H,3-6,22H2,1-2H3,(H,23,24,25). The van der Waals surface area contributed by atoms with Crippen LogP contribution in [0, 0.1) is 11.3 Å². The molecule has 1 aliphatic carbocycles. The highest BCUT2D eigenvalue weighted by Crippen LogP contribution is 2.41. The predicted molar refractivity (Wildman–Crippen MR) is 112 cm³/mol. The van der Waals surface area contributed by atoms with Crippen molar-refractivity contribution in [3.05, 3.63) is 34.5 Å². The molecule has 1 atom stereocenters. The van der Waals surface area contributed by atoms with E-state index in [4.69, 9.17) is 15.9 Å². The van der Waals surface area contributed by atoms with E-state index in [9.17, 15) is 0 Å². The van der Waals surface area contributed by atoms with Gasteiger partial charge in [-0.05, 0) is 43.7 Å². The molecule has 0 fully saturated rings. The van der Waals surface area contributed by atoms with Crippen LogP contribution in [-0.2, 0) is 12.8 Å². The molecule has 7 heteroatoms. The molecule has 0 aliphatic heterocycles. The number of hydrogen-bond donors (Lipinski definition) is 3. The zero-order valence-corrected chi connectivity index (χ0v) is 16.3. The van der Waals surface area contributed by atoms with Crippen LogP contribution in [0.1, 0.15) is 36.3 Å². The molecule has 0 saturated heterocycles. The largest absolute Gasteiger partial charge is 0.492 e. The molecule has 0 spiro atoms. The van der Waals surface area contributed by atoms with Gasteiger partial charge in [0.2, 0.25) is 0 Å². The Kier molecular flexibility index (Phi) is 4.70. The molecule has 4 rings (SSSR count). The van der Waals surface area contributed by atoms with Crippen LogP contribution in [0.25, 0.3) is 10.2 Å². The van der Waals surface area contributed by atoms with E-state index in [1.165, 1.54) is 23.1 Å². The van der Waals surface area contributed by atoms with E-state index in [1.807, 2.05) is 13.0 Å². The van der Waals surface area contributed by atoms with Crippen molar-refractivity contribution < 1.29 is 4.74 Å². The topological polar surface area (TPSA) is 96.9 Å². The van der Waals surface area contributed by atoms with E-state index >= 15 is 0 Å². The first-order valence-electron chi connectivity index (χ1n) is 9.19. The van der Waals surface area contributed by atoms with Crippen molar-refractivity contribution in [2.75, 3.05) is 17.7 Å². The fourth-order valence-corrected chi connectivity index (χ4v) is 4.96. The summed E-state index contributed by atoms with van der Waals surface area (Å²) >= 11 is 1.77. The highest BCUT2D eigenvalue weighted by molar-refractivity contribution is 7.19. The van der Waals surface area contributed by atoms with Gasteiger partial charge in [0.15, 0.2) is 0 Å². The number of nitrogens with two attached hydrogens (primary N) is 1. The van der Waals surface area contributed by atoms with Crippen molar-refractivity contribution in [2.45, 2.75) is 33.1 Å². The van der Waals surface area contributed by atoms with E-state index in [2.05, 4.69) is 22.2 Å². The van der Waals surface area contributed by atoms with Crippen molar-refractivity contribution in [1.82, 2.24) is 9.97 Å². The maximum atomic E-state index is 7.59. The number of aromatic nitrogens is 2. The fraction of sp³-hybridized carbons (Fsp3) is 0.350. The third kappa shape index (κ3) is 3.23. The number of aryl methyl sites for hydroxylation is 1. The minimum atomic E-state index is 0.522. The van der Waals surface area contributed by atoms with Crippen molar-refractivity contribution in [3.63, 3.8) is 0 Å². The molecule has 6 nitrogen and oxygen atoms in total. The summed E-state index contributed by atoms with van der Waals surface area (Å²) in [6.07, 6.45) is 6.21. The molecule has 2 heterocycles. The first kappa shape index (κ1) is 17.7. The number of thiophene rings is 1. The Morgan fingerprint density at radius 1 is 1.41 bits per heavy atom.